The molecule has 0 radical (unpaired) electrons. The number of amides is 2. The van der Waals surface area contributed by atoms with Gasteiger partial charge in [-0.15, -0.1) is 0 Å². The number of nitrogens with one attached hydrogen (secondary N) is 1. The Labute approximate surface area is 99.0 Å². The second kappa shape index (κ2) is 4.17. The summed E-state index contributed by atoms with van der Waals surface area (Å²) >= 11 is 3.79. The van der Waals surface area contributed by atoms with Crippen molar-refractivity contribution < 1.29 is 9.59 Å². The lowest BCUT2D eigenvalue weighted by molar-refractivity contribution is -0.116. The summed E-state index contributed by atoms with van der Waals surface area (Å²) in [6.45, 7) is 0. The number of rotatable bonds is 1. The topological polar surface area (TPSA) is 49.4 Å². The third kappa shape index (κ3) is 1.90. The van der Waals surface area contributed by atoms with Gasteiger partial charge in [-0.25, -0.2) is 0 Å². The Kier molecular flexibility index (Phi) is 2.87. The molecule has 0 saturated carbocycles. The SMILES string of the molecule is CN(C(=O)S)c1cccc2c1CCC(=O)N2. The first-order valence-electron chi connectivity index (χ1n) is 4.98. The highest BCUT2D eigenvalue weighted by molar-refractivity contribution is 7.96. The predicted molar refractivity (Wildman–Crippen MR) is 66.2 cm³/mol. The fourth-order valence-corrected chi connectivity index (χ4v) is 1.93. The van der Waals surface area contributed by atoms with E-state index in [9.17, 15) is 9.59 Å². The van der Waals surface area contributed by atoms with Crippen molar-refractivity contribution in [1.82, 2.24) is 0 Å². The zero-order valence-electron chi connectivity index (χ0n) is 8.86. The molecule has 0 fully saturated rings. The van der Waals surface area contributed by atoms with Gasteiger partial charge in [0.05, 0.1) is 0 Å². The van der Waals surface area contributed by atoms with Gasteiger partial charge in [0.25, 0.3) is 5.24 Å². The molecular formula is C11H12N2O2S. The zero-order valence-corrected chi connectivity index (χ0v) is 9.75. The van der Waals surface area contributed by atoms with Crippen LogP contribution in [0.15, 0.2) is 18.2 Å². The van der Waals surface area contributed by atoms with Crippen LogP contribution >= 0.6 is 12.6 Å². The average molecular weight is 236 g/mol. The molecule has 2 amide bonds. The van der Waals surface area contributed by atoms with Gasteiger partial charge in [0.1, 0.15) is 0 Å². The number of thiol groups is 1. The zero-order chi connectivity index (χ0) is 11.7. The monoisotopic (exact) mass is 236 g/mol. The van der Waals surface area contributed by atoms with E-state index in [-0.39, 0.29) is 11.1 Å². The van der Waals surface area contributed by atoms with Crippen LogP contribution in [0.25, 0.3) is 0 Å². The van der Waals surface area contributed by atoms with Gasteiger partial charge < -0.3 is 10.2 Å². The summed E-state index contributed by atoms with van der Waals surface area (Å²) in [5.74, 6) is 0.0181. The Hall–Kier alpha value is -1.49. The highest BCUT2D eigenvalue weighted by Gasteiger charge is 2.20. The summed E-state index contributed by atoms with van der Waals surface area (Å²) in [4.78, 5) is 23.9. The molecule has 1 aromatic rings. The van der Waals surface area contributed by atoms with Crippen molar-refractivity contribution >= 4 is 35.1 Å². The lowest BCUT2D eigenvalue weighted by Crippen LogP contribution is -2.25. The molecule has 1 aliphatic heterocycles. The fourth-order valence-electron chi connectivity index (χ4n) is 1.82. The lowest BCUT2D eigenvalue weighted by Gasteiger charge is -2.24. The first kappa shape index (κ1) is 11.0. The van der Waals surface area contributed by atoms with Crippen LogP contribution in [0.1, 0.15) is 12.0 Å². The minimum atomic E-state index is -0.315. The molecule has 16 heavy (non-hydrogen) atoms. The van der Waals surface area contributed by atoms with E-state index in [0.717, 1.165) is 16.9 Å². The van der Waals surface area contributed by atoms with E-state index in [1.165, 1.54) is 4.90 Å². The van der Waals surface area contributed by atoms with Gasteiger partial charge in [-0.05, 0) is 24.1 Å². The summed E-state index contributed by atoms with van der Waals surface area (Å²) in [5, 5.41) is 2.48. The van der Waals surface area contributed by atoms with Crippen molar-refractivity contribution in [2.45, 2.75) is 12.8 Å². The third-order valence-corrected chi connectivity index (χ3v) is 2.98. The van der Waals surface area contributed by atoms with Gasteiger partial charge in [0, 0.05) is 24.8 Å². The van der Waals surface area contributed by atoms with Crippen LogP contribution in [0, 0.1) is 0 Å². The normalized spacial score (nSPS) is 14.0. The van der Waals surface area contributed by atoms with E-state index in [2.05, 4.69) is 17.9 Å². The molecule has 0 saturated heterocycles. The number of hydrogen-bond donors (Lipinski definition) is 2. The van der Waals surface area contributed by atoms with Crippen LogP contribution in [0.5, 0.6) is 0 Å². The molecule has 1 N–H and O–H groups in total. The van der Waals surface area contributed by atoms with Crippen LogP contribution in [0.2, 0.25) is 0 Å². The minimum Gasteiger partial charge on any atom is -0.326 e. The summed E-state index contributed by atoms with van der Waals surface area (Å²) in [6.07, 6.45) is 1.11. The van der Waals surface area contributed by atoms with Crippen LogP contribution < -0.4 is 10.2 Å². The van der Waals surface area contributed by atoms with E-state index in [0.29, 0.717) is 12.8 Å². The second-order valence-corrected chi connectivity index (χ2v) is 4.08. The average Bonchev–Trinajstić information content (AvgIpc) is 2.26. The van der Waals surface area contributed by atoms with E-state index in [1.54, 1.807) is 7.05 Å². The van der Waals surface area contributed by atoms with Crippen molar-refractivity contribution in [3.05, 3.63) is 23.8 Å². The molecule has 5 heteroatoms. The van der Waals surface area contributed by atoms with Crippen LogP contribution in [0.4, 0.5) is 16.2 Å². The molecule has 1 aromatic carbocycles. The number of carbonyl (C=O) groups excluding carboxylic acids is 2. The van der Waals surface area contributed by atoms with Crippen molar-refractivity contribution in [3.63, 3.8) is 0 Å². The molecular weight excluding hydrogens is 224 g/mol. The Balaban J connectivity index is 2.44. The minimum absolute atomic E-state index is 0.0181. The fraction of sp³-hybridized carbons (Fsp3) is 0.273. The molecule has 0 aliphatic carbocycles. The van der Waals surface area contributed by atoms with E-state index in [4.69, 9.17) is 0 Å². The van der Waals surface area contributed by atoms with Gasteiger partial charge in [-0.3, -0.25) is 9.59 Å². The summed E-state index contributed by atoms with van der Waals surface area (Å²) < 4.78 is 0. The number of carbonyl (C=O) groups is 2. The largest absolute Gasteiger partial charge is 0.326 e. The van der Waals surface area contributed by atoms with Gasteiger partial charge in [-0.2, -0.15) is 0 Å². The Morgan fingerprint density at radius 3 is 2.88 bits per heavy atom. The van der Waals surface area contributed by atoms with Crippen LogP contribution in [-0.2, 0) is 11.2 Å². The van der Waals surface area contributed by atoms with Crippen LogP contribution in [0.3, 0.4) is 0 Å². The van der Waals surface area contributed by atoms with E-state index >= 15 is 0 Å². The Morgan fingerprint density at radius 2 is 2.19 bits per heavy atom. The van der Waals surface area contributed by atoms with Gasteiger partial charge in [0.15, 0.2) is 0 Å². The molecule has 1 heterocycles. The predicted octanol–water partition coefficient (Wildman–Crippen LogP) is 2.06. The maximum Gasteiger partial charge on any atom is 0.282 e. The quantitative estimate of drug-likeness (QED) is 0.733. The summed E-state index contributed by atoms with van der Waals surface area (Å²) in [7, 11) is 1.67. The van der Waals surface area contributed by atoms with Gasteiger partial charge in [0.2, 0.25) is 5.91 Å². The number of anilines is 2. The molecule has 1 aliphatic rings. The summed E-state index contributed by atoms with van der Waals surface area (Å²) in [6, 6.07) is 5.50. The van der Waals surface area contributed by atoms with Crippen molar-refractivity contribution in [2.24, 2.45) is 0 Å². The lowest BCUT2D eigenvalue weighted by atomic mass is 10.0. The molecule has 0 unspecified atom stereocenters. The molecule has 4 nitrogen and oxygen atoms in total. The van der Waals surface area contributed by atoms with Crippen molar-refractivity contribution in [1.29, 1.82) is 0 Å². The molecule has 84 valence electrons. The van der Waals surface area contributed by atoms with Gasteiger partial charge >= 0.3 is 0 Å². The van der Waals surface area contributed by atoms with E-state index in [1.807, 2.05) is 18.2 Å². The molecule has 2 rings (SSSR count). The highest BCUT2D eigenvalue weighted by atomic mass is 32.1. The number of benzene rings is 1. The standard InChI is InChI=1S/C11H12N2O2S/c1-13(11(15)16)9-4-2-3-8-7(9)5-6-10(14)12-8/h2-4H,5-6H2,1H3,(H,12,14)(H,15,16). The number of fused-ring (bicyclic) bond motifs is 1. The first-order chi connectivity index (χ1) is 7.59. The molecule has 0 atom stereocenters. The Morgan fingerprint density at radius 1 is 1.44 bits per heavy atom. The van der Waals surface area contributed by atoms with Crippen molar-refractivity contribution in [2.75, 3.05) is 17.3 Å². The van der Waals surface area contributed by atoms with Gasteiger partial charge in [-0.1, -0.05) is 18.7 Å². The Bertz CT molecular complexity index is 459. The second-order valence-electron chi connectivity index (χ2n) is 3.69. The van der Waals surface area contributed by atoms with Crippen molar-refractivity contribution in [3.8, 4) is 0 Å². The highest BCUT2D eigenvalue weighted by Crippen LogP contribution is 2.31. The summed E-state index contributed by atoms with van der Waals surface area (Å²) in [5.41, 5.74) is 2.58. The smallest absolute Gasteiger partial charge is 0.282 e. The molecule has 0 spiro atoms. The maximum absolute atomic E-state index is 11.2. The first-order valence-corrected chi connectivity index (χ1v) is 5.42. The maximum atomic E-state index is 11.2. The number of nitrogens with zero attached hydrogens (tertiary/aromatic N) is 1. The van der Waals surface area contributed by atoms with E-state index < -0.39 is 0 Å². The third-order valence-electron chi connectivity index (χ3n) is 2.68. The molecule has 0 aromatic heterocycles. The van der Waals surface area contributed by atoms with Crippen LogP contribution in [-0.4, -0.2) is 18.2 Å². The molecule has 0 bridgehead atoms. The number of hydrogen-bond acceptors (Lipinski definition) is 2.